The zero-order valence-corrected chi connectivity index (χ0v) is 6.26. The Morgan fingerprint density at radius 1 is 1.80 bits per heavy atom. The summed E-state index contributed by atoms with van der Waals surface area (Å²) in [6.45, 7) is 1.75. The van der Waals surface area contributed by atoms with E-state index in [9.17, 15) is 4.79 Å². The summed E-state index contributed by atoms with van der Waals surface area (Å²) in [7, 11) is 0. The summed E-state index contributed by atoms with van der Waals surface area (Å²) in [4.78, 5) is 10.6. The minimum absolute atomic E-state index is 0.0836. The maximum absolute atomic E-state index is 10.6. The van der Waals surface area contributed by atoms with Crippen LogP contribution in [0.3, 0.4) is 0 Å². The molecule has 1 aliphatic heterocycles. The third kappa shape index (κ3) is 2.17. The van der Waals surface area contributed by atoms with E-state index in [-0.39, 0.29) is 11.9 Å². The van der Waals surface area contributed by atoms with Crippen LogP contribution < -0.4 is 0 Å². The molecule has 4 nitrogen and oxygen atoms in total. The molecule has 1 saturated heterocycles. The third-order valence-corrected chi connectivity index (χ3v) is 2.00. The summed E-state index contributed by atoms with van der Waals surface area (Å²) in [5, 5.41) is 8.22. The quantitative estimate of drug-likeness (QED) is 0.461. The first-order chi connectivity index (χ1) is 4.83. The monoisotopic (exact) mass is 163 g/mol. The molecule has 0 aromatic rings. The van der Waals surface area contributed by atoms with Crippen LogP contribution in [0.2, 0.25) is 0 Å². The smallest absolute Gasteiger partial charge is 0.382 e. The summed E-state index contributed by atoms with van der Waals surface area (Å²) >= 11 is 1.02. The number of carbonyl (C=O) groups excluding carboxylic acids is 1. The molecule has 0 saturated carbocycles. The number of aliphatic hydroxyl groups excluding tert-OH is 1. The molecular weight excluding hydrogens is 154 g/mol. The summed E-state index contributed by atoms with van der Waals surface area (Å²) in [5.41, 5.74) is 0. The minimum atomic E-state index is -0.278. The average molecular weight is 163 g/mol. The van der Waals surface area contributed by atoms with Crippen molar-refractivity contribution in [2.45, 2.75) is 0 Å². The Morgan fingerprint density at radius 2 is 2.60 bits per heavy atom. The SMILES string of the molecule is O=C1OCCN(CCO)S1. The fourth-order valence-corrected chi connectivity index (χ4v) is 1.36. The van der Waals surface area contributed by atoms with Crippen molar-refractivity contribution < 1.29 is 14.6 Å². The fourth-order valence-electron chi connectivity index (χ4n) is 0.677. The molecule has 0 unspecified atom stereocenters. The van der Waals surface area contributed by atoms with Gasteiger partial charge in [0.2, 0.25) is 0 Å². The lowest BCUT2D eigenvalue weighted by atomic mass is 10.6. The Morgan fingerprint density at radius 3 is 3.20 bits per heavy atom. The summed E-state index contributed by atoms with van der Waals surface area (Å²) in [6.07, 6.45) is 0. The van der Waals surface area contributed by atoms with Crippen molar-refractivity contribution in [1.82, 2.24) is 4.31 Å². The molecule has 1 N–H and O–H groups in total. The second-order valence-corrected chi connectivity index (χ2v) is 2.87. The molecule has 5 heteroatoms. The third-order valence-electron chi connectivity index (χ3n) is 1.11. The van der Waals surface area contributed by atoms with Gasteiger partial charge in [0.25, 0.3) is 0 Å². The maximum atomic E-state index is 10.6. The first kappa shape index (κ1) is 7.84. The molecule has 0 aromatic carbocycles. The summed E-state index contributed by atoms with van der Waals surface area (Å²) < 4.78 is 6.44. The van der Waals surface area contributed by atoms with Crippen molar-refractivity contribution in [3.05, 3.63) is 0 Å². The topological polar surface area (TPSA) is 49.8 Å². The molecule has 0 bridgehead atoms. The van der Waals surface area contributed by atoms with Crippen LogP contribution in [0, 0.1) is 0 Å². The van der Waals surface area contributed by atoms with Gasteiger partial charge in [-0.3, -0.25) is 0 Å². The predicted octanol–water partition coefficient (Wildman–Crippen LogP) is 0.0791. The van der Waals surface area contributed by atoms with Crippen LogP contribution in [0.4, 0.5) is 4.79 Å². The normalized spacial score (nSPS) is 20.7. The Bertz CT molecular complexity index is 128. The molecule has 0 amide bonds. The lowest BCUT2D eigenvalue weighted by Crippen LogP contribution is -2.30. The van der Waals surface area contributed by atoms with Crippen LogP contribution in [-0.4, -0.2) is 41.0 Å². The molecule has 1 rings (SSSR count). The van der Waals surface area contributed by atoms with Gasteiger partial charge in [-0.05, 0) is 0 Å². The van der Waals surface area contributed by atoms with Crippen LogP contribution in [0.15, 0.2) is 0 Å². The lowest BCUT2D eigenvalue weighted by Gasteiger charge is -2.22. The number of nitrogens with zero attached hydrogens (tertiary/aromatic N) is 1. The number of rotatable bonds is 2. The molecular formula is C5H9NO3S. The summed E-state index contributed by atoms with van der Waals surface area (Å²) in [5.74, 6) is 0. The van der Waals surface area contributed by atoms with Crippen molar-refractivity contribution >= 4 is 17.2 Å². The van der Waals surface area contributed by atoms with Crippen molar-refractivity contribution in [2.75, 3.05) is 26.3 Å². The van der Waals surface area contributed by atoms with Crippen molar-refractivity contribution in [1.29, 1.82) is 0 Å². The zero-order chi connectivity index (χ0) is 7.40. The molecule has 1 heterocycles. The van der Waals surface area contributed by atoms with Crippen LogP contribution in [0.5, 0.6) is 0 Å². The number of aliphatic hydroxyl groups is 1. The Hall–Kier alpha value is -0.260. The van der Waals surface area contributed by atoms with E-state index in [0.717, 1.165) is 11.9 Å². The zero-order valence-electron chi connectivity index (χ0n) is 5.45. The van der Waals surface area contributed by atoms with E-state index in [2.05, 4.69) is 4.74 Å². The highest BCUT2D eigenvalue weighted by molar-refractivity contribution is 8.11. The fraction of sp³-hybridized carbons (Fsp3) is 0.800. The van der Waals surface area contributed by atoms with Gasteiger partial charge < -0.3 is 9.84 Å². The predicted molar refractivity (Wildman–Crippen MR) is 37.6 cm³/mol. The van der Waals surface area contributed by atoms with Gasteiger partial charge in [-0.15, -0.1) is 0 Å². The molecule has 58 valence electrons. The first-order valence-electron chi connectivity index (χ1n) is 3.03. The average Bonchev–Trinajstić information content (AvgIpc) is 1.88. The minimum Gasteiger partial charge on any atom is -0.455 e. The van der Waals surface area contributed by atoms with E-state index >= 15 is 0 Å². The highest BCUT2D eigenvalue weighted by Crippen LogP contribution is 2.16. The Labute approximate surface area is 63.3 Å². The molecule has 0 atom stereocenters. The molecule has 10 heavy (non-hydrogen) atoms. The van der Waals surface area contributed by atoms with Gasteiger partial charge in [0.1, 0.15) is 6.61 Å². The molecule has 0 radical (unpaired) electrons. The lowest BCUT2D eigenvalue weighted by molar-refractivity contribution is 0.153. The van der Waals surface area contributed by atoms with Gasteiger partial charge in [0.05, 0.1) is 6.61 Å². The van der Waals surface area contributed by atoms with Crippen molar-refractivity contribution in [3.8, 4) is 0 Å². The second kappa shape index (κ2) is 3.80. The van der Waals surface area contributed by atoms with Crippen molar-refractivity contribution in [3.63, 3.8) is 0 Å². The largest absolute Gasteiger partial charge is 0.455 e. The molecule has 1 fully saturated rings. The van der Waals surface area contributed by atoms with Crippen LogP contribution in [0.25, 0.3) is 0 Å². The molecule has 0 spiro atoms. The number of hydrogen-bond acceptors (Lipinski definition) is 5. The number of carbonyl (C=O) groups is 1. The van der Waals surface area contributed by atoms with Gasteiger partial charge in [0.15, 0.2) is 0 Å². The highest BCUT2D eigenvalue weighted by Gasteiger charge is 2.17. The Kier molecular flexibility index (Phi) is 2.98. The first-order valence-corrected chi connectivity index (χ1v) is 3.81. The number of β-amino-alcohol motifs (C(OH)–C–C–N with tert-alkyl or cyclic N) is 1. The highest BCUT2D eigenvalue weighted by atomic mass is 32.2. The molecule has 0 aromatic heterocycles. The number of ether oxygens (including phenoxy) is 1. The van der Waals surface area contributed by atoms with Crippen molar-refractivity contribution in [2.24, 2.45) is 0 Å². The standard InChI is InChI=1S/C5H9NO3S/c7-3-1-6-2-4-9-5(8)10-6/h7H,1-4H2. The number of hydrogen-bond donors (Lipinski definition) is 1. The molecule has 1 aliphatic rings. The summed E-state index contributed by atoms with van der Waals surface area (Å²) in [6, 6.07) is 0. The van der Waals surface area contributed by atoms with Crippen LogP contribution >= 0.6 is 11.9 Å². The van der Waals surface area contributed by atoms with E-state index in [4.69, 9.17) is 5.11 Å². The Balaban J connectivity index is 2.25. The van der Waals surface area contributed by atoms with Crippen LogP contribution in [-0.2, 0) is 4.74 Å². The van der Waals surface area contributed by atoms with E-state index in [1.807, 2.05) is 0 Å². The van der Waals surface area contributed by atoms with Gasteiger partial charge in [-0.1, -0.05) is 0 Å². The van der Waals surface area contributed by atoms with Gasteiger partial charge in [0, 0.05) is 25.0 Å². The van der Waals surface area contributed by atoms with E-state index in [0.29, 0.717) is 19.7 Å². The molecule has 0 aliphatic carbocycles. The van der Waals surface area contributed by atoms with Gasteiger partial charge in [-0.25, -0.2) is 9.10 Å². The second-order valence-electron chi connectivity index (χ2n) is 1.84. The van der Waals surface area contributed by atoms with Gasteiger partial charge in [-0.2, -0.15) is 0 Å². The van der Waals surface area contributed by atoms with Gasteiger partial charge >= 0.3 is 5.30 Å². The van der Waals surface area contributed by atoms with E-state index in [1.54, 1.807) is 4.31 Å². The maximum Gasteiger partial charge on any atom is 0.382 e. The van der Waals surface area contributed by atoms with E-state index < -0.39 is 0 Å². The van der Waals surface area contributed by atoms with E-state index in [1.165, 1.54) is 0 Å². The van der Waals surface area contributed by atoms with Crippen LogP contribution in [0.1, 0.15) is 0 Å². The number of cyclic esters (lactones) is 1.